The Bertz CT molecular complexity index is 439. The zero-order chi connectivity index (χ0) is 13.7. The topological polar surface area (TPSA) is 61.4 Å². The Morgan fingerprint density at radius 2 is 2.16 bits per heavy atom. The standard InChI is InChI=1S/C14H19FN2O2/c15-12-5-2-6-13(7-12)17-14(19)16-8-10-3-1-4-11(10)9-18/h2,5-7,10-11,18H,1,3-4,8-9H2,(H2,16,17,19). The number of nitrogens with one attached hydrogen (secondary N) is 2. The molecule has 1 saturated carbocycles. The number of benzene rings is 1. The van der Waals surface area contributed by atoms with Crippen molar-refractivity contribution in [3.05, 3.63) is 30.1 Å². The van der Waals surface area contributed by atoms with Crippen molar-refractivity contribution in [3.63, 3.8) is 0 Å². The molecule has 2 amide bonds. The molecule has 2 atom stereocenters. The lowest BCUT2D eigenvalue weighted by molar-refractivity contribution is 0.192. The lowest BCUT2D eigenvalue weighted by Crippen LogP contribution is -2.34. The molecule has 0 radical (unpaired) electrons. The molecule has 0 bridgehead atoms. The molecule has 1 aromatic rings. The molecule has 3 N–H and O–H groups in total. The van der Waals surface area contributed by atoms with Crippen LogP contribution in [-0.4, -0.2) is 24.3 Å². The molecule has 0 aromatic heterocycles. The predicted octanol–water partition coefficient (Wildman–Crippen LogP) is 2.36. The summed E-state index contributed by atoms with van der Waals surface area (Å²) in [7, 11) is 0. The zero-order valence-corrected chi connectivity index (χ0v) is 10.7. The molecule has 5 heteroatoms. The Balaban J connectivity index is 1.78. The second-order valence-corrected chi connectivity index (χ2v) is 4.98. The van der Waals surface area contributed by atoms with Crippen LogP contribution in [0.4, 0.5) is 14.9 Å². The minimum absolute atomic E-state index is 0.178. The molecule has 104 valence electrons. The summed E-state index contributed by atoms with van der Waals surface area (Å²) in [6.07, 6.45) is 3.16. The highest BCUT2D eigenvalue weighted by atomic mass is 19.1. The van der Waals surface area contributed by atoms with Gasteiger partial charge in [-0.15, -0.1) is 0 Å². The van der Waals surface area contributed by atoms with Crippen LogP contribution in [0.1, 0.15) is 19.3 Å². The zero-order valence-electron chi connectivity index (χ0n) is 10.7. The summed E-state index contributed by atoms with van der Waals surface area (Å²) in [5, 5.41) is 14.6. The molecule has 0 saturated heterocycles. The Morgan fingerprint density at radius 3 is 2.89 bits per heavy atom. The van der Waals surface area contributed by atoms with Gasteiger partial charge in [0.15, 0.2) is 0 Å². The van der Waals surface area contributed by atoms with Crippen LogP contribution in [0.3, 0.4) is 0 Å². The lowest BCUT2D eigenvalue weighted by atomic mass is 9.97. The van der Waals surface area contributed by atoms with E-state index in [0.717, 1.165) is 19.3 Å². The lowest BCUT2D eigenvalue weighted by Gasteiger charge is -2.18. The van der Waals surface area contributed by atoms with Crippen molar-refractivity contribution < 1.29 is 14.3 Å². The van der Waals surface area contributed by atoms with E-state index in [4.69, 9.17) is 0 Å². The first-order valence-electron chi connectivity index (χ1n) is 6.60. The van der Waals surface area contributed by atoms with Crippen LogP contribution in [0.2, 0.25) is 0 Å². The highest BCUT2D eigenvalue weighted by molar-refractivity contribution is 5.89. The van der Waals surface area contributed by atoms with E-state index in [0.29, 0.717) is 18.2 Å². The third kappa shape index (κ3) is 3.92. The molecule has 19 heavy (non-hydrogen) atoms. The highest BCUT2D eigenvalue weighted by Gasteiger charge is 2.26. The molecular weight excluding hydrogens is 247 g/mol. The van der Waals surface area contributed by atoms with E-state index >= 15 is 0 Å². The number of halogens is 1. The predicted molar refractivity (Wildman–Crippen MR) is 71.3 cm³/mol. The van der Waals surface area contributed by atoms with Crippen LogP contribution < -0.4 is 10.6 Å². The van der Waals surface area contributed by atoms with Crippen LogP contribution in [-0.2, 0) is 0 Å². The maximum absolute atomic E-state index is 12.9. The van der Waals surface area contributed by atoms with Gasteiger partial charge >= 0.3 is 6.03 Å². The quantitative estimate of drug-likeness (QED) is 0.783. The van der Waals surface area contributed by atoms with Crippen molar-refractivity contribution in [2.45, 2.75) is 19.3 Å². The van der Waals surface area contributed by atoms with Crippen molar-refractivity contribution in [2.24, 2.45) is 11.8 Å². The molecule has 2 unspecified atom stereocenters. The SMILES string of the molecule is O=C(NCC1CCCC1CO)Nc1cccc(F)c1. The Kier molecular flexibility index (Phi) is 4.74. The fraction of sp³-hybridized carbons (Fsp3) is 0.500. The number of urea groups is 1. The van der Waals surface area contributed by atoms with Gasteiger partial charge in [-0.3, -0.25) is 0 Å². The van der Waals surface area contributed by atoms with E-state index < -0.39 is 0 Å². The van der Waals surface area contributed by atoms with Crippen LogP contribution in [0.5, 0.6) is 0 Å². The largest absolute Gasteiger partial charge is 0.396 e. The Hall–Kier alpha value is -1.62. The van der Waals surface area contributed by atoms with Crippen molar-refractivity contribution in [2.75, 3.05) is 18.5 Å². The molecule has 4 nitrogen and oxygen atoms in total. The highest BCUT2D eigenvalue weighted by Crippen LogP contribution is 2.30. The van der Waals surface area contributed by atoms with Gasteiger partial charge in [-0.25, -0.2) is 9.18 Å². The monoisotopic (exact) mass is 266 g/mol. The number of aliphatic hydroxyl groups is 1. The van der Waals surface area contributed by atoms with Crippen molar-refractivity contribution in [3.8, 4) is 0 Å². The van der Waals surface area contributed by atoms with Crippen molar-refractivity contribution >= 4 is 11.7 Å². The number of aliphatic hydroxyl groups excluding tert-OH is 1. The summed E-state index contributed by atoms with van der Waals surface area (Å²) >= 11 is 0. The van der Waals surface area contributed by atoms with Gasteiger partial charge in [0.2, 0.25) is 0 Å². The van der Waals surface area contributed by atoms with Crippen LogP contribution in [0, 0.1) is 17.7 Å². The fourth-order valence-electron chi connectivity index (χ4n) is 2.59. The van der Waals surface area contributed by atoms with E-state index in [9.17, 15) is 14.3 Å². The summed E-state index contributed by atoms with van der Waals surface area (Å²) in [4.78, 5) is 11.7. The van der Waals surface area contributed by atoms with Gasteiger partial charge in [-0.05, 0) is 42.9 Å². The van der Waals surface area contributed by atoms with Crippen LogP contribution in [0.15, 0.2) is 24.3 Å². The molecule has 1 fully saturated rings. The molecule has 2 rings (SSSR count). The summed E-state index contributed by atoms with van der Waals surface area (Å²) in [6.45, 7) is 0.726. The number of hydrogen-bond acceptors (Lipinski definition) is 2. The first kappa shape index (κ1) is 13.8. The Morgan fingerprint density at radius 1 is 1.37 bits per heavy atom. The first-order valence-corrected chi connectivity index (χ1v) is 6.60. The fourth-order valence-corrected chi connectivity index (χ4v) is 2.59. The molecule has 0 spiro atoms. The van der Waals surface area contributed by atoms with E-state index in [1.165, 1.54) is 12.1 Å². The molecule has 1 aliphatic rings. The normalized spacial score (nSPS) is 22.2. The van der Waals surface area contributed by atoms with Crippen molar-refractivity contribution in [1.82, 2.24) is 5.32 Å². The first-order chi connectivity index (χ1) is 9.19. The average molecular weight is 266 g/mol. The van der Waals surface area contributed by atoms with E-state index in [2.05, 4.69) is 10.6 Å². The minimum Gasteiger partial charge on any atom is -0.396 e. The number of carbonyl (C=O) groups excluding carboxylic acids is 1. The third-order valence-electron chi connectivity index (χ3n) is 3.66. The minimum atomic E-state index is -0.381. The molecule has 0 heterocycles. The molecular formula is C14H19FN2O2. The second-order valence-electron chi connectivity index (χ2n) is 4.98. The number of hydrogen-bond donors (Lipinski definition) is 3. The number of rotatable bonds is 4. The maximum Gasteiger partial charge on any atom is 0.319 e. The number of amides is 2. The molecule has 1 aliphatic carbocycles. The molecule has 1 aromatic carbocycles. The van der Waals surface area contributed by atoms with Crippen LogP contribution in [0.25, 0.3) is 0 Å². The van der Waals surface area contributed by atoms with E-state index in [1.54, 1.807) is 12.1 Å². The van der Waals surface area contributed by atoms with Gasteiger partial charge in [0.25, 0.3) is 0 Å². The summed E-state index contributed by atoms with van der Waals surface area (Å²) in [5.74, 6) is 0.242. The van der Waals surface area contributed by atoms with Crippen molar-refractivity contribution in [1.29, 1.82) is 0 Å². The van der Waals surface area contributed by atoms with Gasteiger partial charge in [0.1, 0.15) is 5.82 Å². The third-order valence-corrected chi connectivity index (χ3v) is 3.66. The van der Waals surface area contributed by atoms with Gasteiger partial charge in [0, 0.05) is 18.8 Å². The summed E-state index contributed by atoms with van der Waals surface area (Å²) < 4.78 is 12.9. The Labute approximate surface area is 112 Å². The van der Waals surface area contributed by atoms with Gasteiger partial charge in [-0.1, -0.05) is 12.5 Å². The number of anilines is 1. The van der Waals surface area contributed by atoms with Gasteiger partial charge in [0.05, 0.1) is 0 Å². The van der Waals surface area contributed by atoms with E-state index in [1.807, 2.05) is 0 Å². The van der Waals surface area contributed by atoms with Gasteiger partial charge < -0.3 is 15.7 Å². The second kappa shape index (κ2) is 6.52. The average Bonchev–Trinajstić information content (AvgIpc) is 2.83. The summed E-state index contributed by atoms with van der Waals surface area (Å²) in [5.41, 5.74) is 0.433. The van der Waals surface area contributed by atoms with Crippen LogP contribution >= 0.6 is 0 Å². The molecule has 0 aliphatic heterocycles. The van der Waals surface area contributed by atoms with Gasteiger partial charge in [-0.2, -0.15) is 0 Å². The smallest absolute Gasteiger partial charge is 0.319 e. The van der Waals surface area contributed by atoms with E-state index in [-0.39, 0.29) is 24.4 Å². The maximum atomic E-state index is 12.9. The summed E-state index contributed by atoms with van der Waals surface area (Å²) in [6, 6.07) is 5.44. The number of carbonyl (C=O) groups is 1.